The Morgan fingerprint density at radius 2 is 1.80 bits per heavy atom. The fraction of sp³-hybridized carbons (Fsp3) is 1.00. The van der Waals surface area contributed by atoms with Crippen molar-refractivity contribution >= 4 is 0 Å². The molecule has 15 heavy (non-hydrogen) atoms. The van der Waals surface area contributed by atoms with Crippen LogP contribution in [0.2, 0.25) is 0 Å². The van der Waals surface area contributed by atoms with Gasteiger partial charge < -0.3 is 10.0 Å². The van der Waals surface area contributed by atoms with Gasteiger partial charge in [-0.25, -0.2) is 4.39 Å². The van der Waals surface area contributed by atoms with Gasteiger partial charge in [-0.15, -0.1) is 0 Å². The van der Waals surface area contributed by atoms with Gasteiger partial charge in [0.1, 0.15) is 6.17 Å². The minimum atomic E-state index is -0.583. The molecule has 2 nitrogen and oxygen atoms in total. The van der Waals surface area contributed by atoms with Gasteiger partial charge >= 0.3 is 0 Å². The van der Waals surface area contributed by atoms with Gasteiger partial charge in [-0.3, -0.25) is 0 Å². The number of hydrogen-bond donors (Lipinski definition) is 1. The summed E-state index contributed by atoms with van der Waals surface area (Å²) in [6.07, 6.45) is 3.08. The highest BCUT2D eigenvalue weighted by Gasteiger charge is 2.43. The number of hydrogen-bond acceptors (Lipinski definition) is 2. The lowest BCUT2D eigenvalue weighted by molar-refractivity contribution is 0.104. The molecule has 0 unspecified atom stereocenters. The van der Waals surface area contributed by atoms with Gasteiger partial charge in [-0.1, -0.05) is 13.8 Å². The second kappa shape index (κ2) is 5.80. The largest absolute Gasteiger partial charge is 0.396 e. The molecule has 1 heterocycles. The molecule has 1 aliphatic heterocycles. The van der Waals surface area contributed by atoms with Crippen molar-refractivity contribution in [1.82, 2.24) is 4.90 Å². The Bertz CT molecular complexity index is 174. The van der Waals surface area contributed by atoms with Gasteiger partial charge in [0.2, 0.25) is 0 Å². The summed E-state index contributed by atoms with van der Waals surface area (Å²) in [6.45, 7) is 7.05. The van der Waals surface area contributed by atoms with E-state index in [1.54, 1.807) is 0 Å². The number of alkyl halides is 1. The summed E-state index contributed by atoms with van der Waals surface area (Å²) < 4.78 is 12.8. The molecule has 0 aromatic heterocycles. The topological polar surface area (TPSA) is 23.5 Å². The monoisotopic (exact) mass is 217 g/mol. The minimum absolute atomic E-state index is 0.198. The Hall–Kier alpha value is -0.150. The first-order chi connectivity index (χ1) is 7.24. The SMILES string of the molecule is CC.OCC1(CN2CCC(F)CC2)CC1. The molecule has 90 valence electrons. The molecule has 0 spiro atoms. The Balaban J connectivity index is 0.000000531. The van der Waals surface area contributed by atoms with Crippen molar-refractivity contribution in [3.63, 3.8) is 0 Å². The molecular weight excluding hydrogens is 193 g/mol. The van der Waals surface area contributed by atoms with Crippen LogP contribution in [0.1, 0.15) is 39.5 Å². The van der Waals surface area contributed by atoms with Gasteiger partial charge in [-0.2, -0.15) is 0 Å². The molecule has 2 rings (SSSR count). The first-order valence-electron chi connectivity index (χ1n) is 6.21. The van der Waals surface area contributed by atoms with Crippen LogP contribution in [0.3, 0.4) is 0 Å². The Morgan fingerprint density at radius 1 is 1.27 bits per heavy atom. The highest BCUT2D eigenvalue weighted by Crippen LogP contribution is 2.45. The van der Waals surface area contributed by atoms with Crippen LogP contribution in [0.25, 0.3) is 0 Å². The summed E-state index contributed by atoms with van der Waals surface area (Å²) in [7, 11) is 0. The van der Waals surface area contributed by atoms with Crippen molar-refractivity contribution in [2.45, 2.75) is 45.7 Å². The van der Waals surface area contributed by atoms with Crippen molar-refractivity contribution in [2.75, 3.05) is 26.2 Å². The maximum Gasteiger partial charge on any atom is 0.103 e. The first-order valence-corrected chi connectivity index (χ1v) is 6.21. The predicted molar refractivity (Wildman–Crippen MR) is 60.7 cm³/mol. The molecule has 1 aliphatic carbocycles. The lowest BCUT2D eigenvalue weighted by atomic mass is 10.0. The number of rotatable bonds is 3. The van der Waals surface area contributed by atoms with Crippen LogP contribution in [0.4, 0.5) is 4.39 Å². The van der Waals surface area contributed by atoms with Crippen molar-refractivity contribution in [3.8, 4) is 0 Å². The van der Waals surface area contributed by atoms with Crippen LogP contribution < -0.4 is 0 Å². The predicted octanol–water partition coefficient (Wildman–Crippen LogP) is 2.22. The van der Waals surface area contributed by atoms with E-state index in [4.69, 9.17) is 5.11 Å². The van der Waals surface area contributed by atoms with E-state index in [9.17, 15) is 4.39 Å². The highest BCUT2D eigenvalue weighted by molar-refractivity contribution is 4.95. The molecule has 0 bridgehead atoms. The molecule has 0 aromatic rings. The van der Waals surface area contributed by atoms with Crippen molar-refractivity contribution < 1.29 is 9.50 Å². The van der Waals surface area contributed by atoms with E-state index in [0.29, 0.717) is 19.4 Å². The van der Waals surface area contributed by atoms with Crippen LogP contribution >= 0.6 is 0 Å². The smallest absolute Gasteiger partial charge is 0.103 e. The van der Waals surface area contributed by atoms with E-state index < -0.39 is 6.17 Å². The normalized spacial score (nSPS) is 25.6. The number of aliphatic hydroxyl groups is 1. The van der Waals surface area contributed by atoms with Gasteiger partial charge in [0.15, 0.2) is 0 Å². The first kappa shape index (κ1) is 12.9. The summed E-state index contributed by atoms with van der Waals surface area (Å²) >= 11 is 0. The molecule has 1 saturated carbocycles. The summed E-state index contributed by atoms with van der Waals surface area (Å²) in [5.74, 6) is 0. The molecule has 1 saturated heterocycles. The van der Waals surface area contributed by atoms with E-state index in [1.165, 1.54) is 0 Å². The Labute approximate surface area is 92.5 Å². The third kappa shape index (κ3) is 3.72. The summed E-state index contributed by atoms with van der Waals surface area (Å²) in [6, 6.07) is 0. The molecule has 0 amide bonds. The Kier molecular flexibility index (Phi) is 5.00. The van der Waals surface area contributed by atoms with Crippen LogP contribution in [-0.2, 0) is 0 Å². The van der Waals surface area contributed by atoms with E-state index in [1.807, 2.05) is 13.8 Å². The third-order valence-electron chi connectivity index (χ3n) is 3.37. The van der Waals surface area contributed by atoms with Gasteiger partial charge in [-0.05, 0) is 25.7 Å². The third-order valence-corrected chi connectivity index (χ3v) is 3.37. The average molecular weight is 217 g/mol. The fourth-order valence-electron chi connectivity index (χ4n) is 2.08. The standard InChI is InChI=1S/C10H18FNO.C2H6/c11-9-1-5-12(6-2-9)7-10(8-13)3-4-10;1-2/h9,13H,1-8H2;1-2H3. The number of piperidine rings is 1. The number of aliphatic hydroxyl groups excluding tert-OH is 1. The van der Waals surface area contributed by atoms with Crippen LogP contribution in [0.15, 0.2) is 0 Å². The molecule has 1 N–H and O–H groups in total. The maximum absolute atomic E-state index is 12.8. The van der Waals surface area contributed by atoms with E-state index in [-0.39, 0.29) is 5.41 Å². The number of nitrogens with zero attached hydrogens (tertiary/aromatic N) is 1. The summed E-state index contributed by atoms with van der Waals surface area (Å²) in [4.78, 5) is 2.30. The average Bonchev–Trinajstić information content (AvgIpc) is 3.05. The zero-order valence-electron chi connectivity index (χ0n) is 10.0. The van der Waals surface area contributed by atoms with E-state index in [2.05, 4.69) is 4.90 Å². The molecule has 0 radical (unpaired) electrons. The lowest BCUT2D eigenvalue weighted by Crippen LogP contribution is -2.39. The second-order valence-electron chi connectivity index (χ2n) is 4.61. The van der Waals surface area contributed by atoms with E-state index >= 15 is 0 Å². The second-order valence-corrected chi connectivity index (χ2v) is 4.61. The number of halogens is 1. The summed E-state index contributed by atoms with van der Waals surface area (Å²) in [5, 5.41) is 9.14. The quantitative estimate of drug-likeness (QED) is 0.783. The van der Waals surface area contributed by atoms with Crippen molar-refractivity contribution in [1.29, 1.82) is 0 Å². The zero-order chi connectivity index (χ0) is 11.3. The van der Waals surface area contributed by atoms with Gasteiger partial charge in [0.25, 0.3) is 0 Å². The Morgan fingerprint density at radius 3 is 2.20 bits per heavy atom. The van der Waals surface area contributed by atoms with Crippen molar-refractivity contribution in [2.24, 2.45) is 5.41 Å². The minimum Gasteiger partial charge on any atom is -0.396 e. The molecular formula is C12H24FNO. The van der Waals surface area contributed by atoms with Crippen LogP contribution in [0.5, 0.6) is 0 Å². The van der Waals surface area contributed by atoms with Crippen molar-refractivity contribution in [3.05, 3.63) is 0 Å². The van der Waals surface area contributed by atoms with E-state index in [0.717, 1.165) is 32.5 Å². The van der Waals surface area contributed by atoms with Crippen LogP contribution in [-0.4, -0.2) is 42.4 Å². The lowest BCUT2D eigenvalue weighted by Gasteiger charge is -2.31. The van der Waals surface area contributed by atoms with Crippen LogP contribution in [0, 0.1) is 5.41 Å². The highest BCUT2D eigenvalue weighted by atomic mass is 19.1. The molecule has 2 aliphatic rings. The van der Waals surface area contributed by atoms with Gasteiger partial charge in [0.05, 0.1) is 0 Å². The maximum atomic E-state index is 12.8. The molecule has 3 heteroatoms. The summed E-state index contributed by atoms with van der Waals surface area (Å²) in [5.41, 5.74) is 0.198. The zero-order valence-corrected chi connectivity index (χ0v) is 10.0. The number of likely N-dealkylation sites (tertiary alicyclic amines) is 1. The molecule has 0 atom stereocenters. The molecule has 2 fully saturated rings. The fourth-order valence-corrected chi connectivity index (χ4v) is 2.08. The molecule has 0 aromatic carbocycles. The van der Waals surface area contributed by atoms with Gasteiger partial charge in [0, 0.05) is 31.7 Å².